The van der Waals surface area contributed by atoms with Gasteiger partial charge in [-0.05, 0) is 25.5 Å². The highest BCUT2D eigenvalue weighted by molar-refractivity contribution is 8.13. The largest absolute Gasteiger partial charge is 0.494 e. The Morgan fingerprint density at radius 3 is 2.61 bits per heavy atom. The lowest BCUT2D eigenvalue weighted by atomic mass is 10.2. The number of nitrogens with zero attached hydrogens (tertiary/aromatic N) is 1. The normalized spacial score (nSPS) is 11.2. The Morgan fingerprint density at radius 1 is 1.44 bits per heavy atom. The van der Waals surface area contributed by atoms with Crippen LogP contribution < -0.4 is 4.74 Å². The van der Waals surface area contributed by atoms with Gasteiger partial charge in [0.2, 0.25) is 9.05 Å². The van der Waals surface area contributed by atoms with Gasteiger partial charge < -0.3 is 4.74 Å². The van der Waals surface area contributed by atoms with Crippen molar-refractivity contribution in [2.24, 2.45) is 0 Å². The molecule has 0 aliphatic rings. The fourth-order valence-corrected chi connectivity index (χ4v) is 2.13. The smallest absolute Gasteiger partial charge is 0.272 e. The van der Waals surface area contributed by atoms with E-state index in [2.05, 4.69) is 0 Å². The number of aryl methyl sites for hydroxylation is 1. The second kappa shape index (κ2) is 6.01. The van der Waals surface area contributed by atoms with Gasteiger partial charge in [0.25, 0.3) is 5.69 Å². The number of benzene rings is 1. The highest BCUT2D eigenvalue weighted by Crippen LogP contribution is 2.23. The summed E-state index contributed by atoms with van der Waals surface area (Å²) in [6.07, 6.45) is 0.266. The molecule has 0 N–H and O–H groups in total. The Labute approximate surface area is 109 Å². The summed E-state index contributed by atoms with van der Waals surface area (Å²) in [7, 11) is 1.54. The molecule has 0 spiro atoms. The summed E-state index contributed by atoms with van der Waals surface area (Å²) in [6.45, 7) is 1.79. The molecule has 0 aliphatic carbocycles. The fraction of sp³-hybridized carbons (Fsp3) is 0.400. The van der Waals surface area contributed by atoms with E-state index in [-0.39, 0.29) is 24.5 Å². The molecule has 1 aromatic carbocycles. The third-order valence-corrected chi connectivity index (χ3v) is 3.41. The van der Waals surface area contributed by atoms with Crippen LogP contribution in [0.5, 0.6) is 5.75 Å². The summed E-state index contributed by atoms with van der Waals surface area (Å²) in [5.74, 6) is 0.297. The maximum Gasteiger partial charge on any atom is 0.272 e. The first-order valence-corrected chi connectivity index (χ1v) is 7.57. The highest BCUT2D eigenvalue weighted by Gasteiger charge is 2.10. The molecule has 0 aliphatic heterocycles. The lowest BCUT2D eigenvalue weighted by molar-refractivity contribution is -0.385. The minimum atomic E-state index is -3.50. The maximum atomic E-state index is 10.7. The van der Waals surface area contributed by atoms with Gasteiger partial charge >= 0.3 is 0 Å². The van der Waals surface area contributed by atoms with Crippen LogP contribution in [0.3, 0.4) is 0 Å². The molecule has 0 fully saturated rings. The van der Waals surface area contributed by atoms with Crippen LogP contribution >= 0.6 is 10.7 Å². The first-order chi connectivity index (χ1) is 8.29. The highest BCUT2D eigenvalue weighted by atomic mass is 35.7. The maximum absolute atomic E-state index is 10.7. The Bertz CT molecular complexity index is 543. The van der Waals surface area contributed by atoms with Gasteiger partial charge in [0.15, 0.2) is 0 Å². The van der Waals surface area contributed by atoms with Crippen molar-refractivity contribution in [1.82, 2.24) is 0 Å². The van der Waals surface area contributed by atoms with Gasteiger partial charge in [-0.15, -0.1) is 0 Å². The van der Waals surface area contributed by atoms with Gasteiger partial charge in [-0.25, -0.2) is 8.42 Å². The van der Waals surface area contributed by atoms with E-state index >= 15 is 0 Å². The molecule has 1 aromatic rings. The van der Waals surface area contributed by atoms with Crippen molar-refractivity contribution in [3.05, 3.63) is 33.9 Å². The number of rotatable bonds is 6. The second-order valence-electron chi connectivity index (χ2n) is 3.65. The SMILES string of the molecule is Cc1cc(OCCCS(=O)(=O)Cl)ccc1[N+](=O)[O-]. The quantitative estimate of drug-likeness (QED) is 0.347. The van der Waals surface area contributed by atoms with E-state index in [4.69, 9.17) is 15.4 Å². The van der Waals surface area contributed by atoms with Crippen molar-refractivity contribution in [3.8, 4) is 5.75 Å². The van der Waals surface area contributed by atoms with Crippen molar-refractivity contribution >= 4 is 25.4 Å². The van der Waals surface area contributed by atoms with Crippen LogP contribution in [-0.4, -0.2) is 25.7 Å². The average molecular weight is 294 g/mol. The van der Waals surface area contributed by atoms with E-state index < -0.39 is 14.0 Å². The van der Waals surface area contributed by atoms with E-state index in [1.165, 1.54) is 18.2 Å². The van der Waals surface area contributed by atoms with Crippen molar-refractivity contribution in [2.45, 2.75) is 13.3 Å². The zero-order valence-electron chi connectivity index (χ0n) is 9.63. The van der Waals surface area contributed by atoms with Crippen molar-refractivity contribution in [1.29, 1.82) is 0 Å². The first-order valence-electron chi connectivity index (χ1n) is 5.10. The van der Waals surface area contributed by atoms with Gasteiger partial charge in [-0.2, -0.15) is 0 Å². The molecule has 8 heteroatoms. The molecule has 0 saturated carbocycles. The Hall–Kier alpha value is -1.34. The molecule has 6 nitrogen and oxygen atoms in total. The molecular weight excluding hydrogens is 282 g/mol. The van der Waals surface area contributed by atoms with E-state index in [9.17, 15) is 18.5 Å². The van der Waals surface area contributed by atoms with Crippen molar-refractivity contribution < 1.29 is 18.1 Å². The van der Waals surface area contributed by atoms with Crippen molar-refractivity contribution in [2.75, 3.05) is 12.4 Å². The monoisotopic (exact) mass is 293 g/mol. The van der Waals surface area contributed by atoms with Gasteiger partial charge in [0, 0.05) is 22.3 Å². The molecular formula is C10H12ClNO5S. The van der Waals surface area contributed by atoms with E-state index in [0.29, 0.717) is 11.3 Å². The van der Waals surface area contributed by atoms with E-state index in [0.717, 1.165) is 0 Å². The van der Waals surface area contributed by atoms with Gasteiger partial charge in [0.1, 0.15) is 5.75 Å². The number of hydrogen-bond acceptors (Lipinski definition) is 5. The molecule has 0 aromatic heterocycles. The summed E-state index contributed by atoms with van der Waals surface area (Å²) in [5, 5.41) is 10.6. The van der Waals surface area contributed by atoms with Crippen LogP contribution in [0.1, 0.15) is 12.0 Å². The fourth-order valence-electron chi connectivity index (χ4n) is 1.34. The summed E-state index contributed by atoms with van der Waals surface area (Å²) >= 11 is 0. The molecule has 0 amide bonds. The number of nitro groups is 1. The Kier molecular flexibility index (Phi) is 4.92. The number of ether oxygens (including phenoxy) is 1. The predicted octanol–water partition coefficient (Wildman–Crippen LogP) is 2.24. The van der Waals surface area contributed by atoms with Crippen LogP contribution in [0.2, 0.25) is 0 Å². The van der Waals surface area contributed by atoms with Crippen LogP contribution in [0.25, 0.3) is 0 Å². The Morgan fingerprint density at radius 2 is 2.11 bits per heavy atom. The minimum absolute atomic E-state index is 0.0192. The molecule has 0 saturated heterocycles. The number of hydrogen-bond donors (Lipinski definition) is 0. The Balaban J connectivity index is 2.54. The van der Waals surface area contributed by atoms with Crippen LogP contribution in [0, 0.1) is 17.0 Å². The van der Waals surface area contributed by atoms with Gasteiger partial charge in [-0.3, -0.25) is 10.1 Å². The zero-order chi connectivity index (χ0) is 13.8. The first kappa shape index (κ1) is 14.7. The minimum Gasteiger partial charge on any atom is -0.494 e. The molecule has 0 bridgehead atoms. The molecule has 0 unspecified atom stereocenters. The molecule has 100 valence electrons. The standard InChI is InChI=1S/C10H12ClNO5S/c1-8-7-9(3-4-10(8)12(13)14)17-5-2-6-18(11,15)16/h3-4,7H,2,5-6H2,1H3. The number of halogens is 1. The summed E-state index contributed by atoms with van der Waals surface area (Å²) in [4.78, 5) is 10.1. The van der Waals surface area contributed by atoms with Gasteiger partial charge in [-0.1, -0.05) is 0 Å². The third kappa shape index (κ3) is 4.89. The molecule has 0 heterocycles. The topological polar surface area (TPSA) is 86.5 Å². The molecule has 0 atom stereocenters. The average Bonchev–Trinajstić information content (AvgIpc) is 2.22. The second-order valence-corrected chi connectivity index (χ2v) is 6.55. The zero-order valence-corrected chi connectivity index (χ0v) is 11.2. The number of nitro benzene ring substituents is 1. The lowest BCUT2D eigenvalue weighted by Crippen LogP contribution is -2.05. The summed E-state index contributed by atoms with van der Waals surface area (Å²) < 4.78 is 26.6. The summed E-state index contributed by atoms with van der Waals surface area (Å²) in [5.41, 5.74) is 0.508. The van der Waals surface area contributed by atoms with Crippen LogP contribution in [-0.2, 0) is 9.05 Å². The molecule has 1 rings (SSSR count). The van der Waals surface area contributed by atoms with Gasteiger partial charge in [0.05, 0.1) is 17.3 Å². The van der Waals surface area contributed by atoms with Crippen molar-refractivity contribution in [3.63, 3.8) is 0 Å². The van der Waals surface area contributed by atoms with Crippen LogP contribution in [0.4, 0.5) is 5.69 Å². The third-order valence-electron chi connectivity index (χ3n) is 2.17. The lowest BCUT2D eigenvalue weighted by Gasteiger charge is -2.06. The predicted molar refractivity (Wildman–Crippen MR) is 67.6 cm³/mol. The van der Waals surface area contributed by atoms with E-state index in [1.807, 2.05) is 0 Å². The van der Waals surface area contributed by atoms with E-state index in [1.54, 1.807) is 6.92 Å². The molecule has 0 radical (unpaired) electrons. The summed E-state index contributed by atoms with van der Waals surface area (Å²) in [6, 6.07) is 4.36. The molecule has 18 heavy (non-hydrogen) atoms. The van der Waals surface area contributed by atoms with Crippen LogP contribution in [0.15, 0.2) is 18.2 Å².